The lowest BCUT2D eigenvalue weighted by Crippen LogP contribution is -2.43. The van der Waals surface area contributed by atoms with Crippen LogP contribution in [0.2, 0.25) is 5.02 Å². The predicted molar refractivity (Wildman–Crippen MR) is 106 cm³/mol. The summed E-state index contributed by atoms with van der Waals surface area (Å²) in [4.78, 5) is 18.3. The second-order valence-corrected chi connectivity index (χ2v) is 8.14. The van der Waals surface area contributed by atoms with Crippen molar-refractivity contribution in [3.05, 3.63) is 53.3 Å². The van der Waals surface area contributed by atoms with Gasteiger partial charge in [-0.1, -0.05) is 29.8 Å². The van der Waals surface area contributed by atoms with Gasteiger partial charge in [0.05, 0.1) is 6.10 Å². The summed E-state index contributed by atoms with van der Waals surface area (Å²) in [5.74, 6) is 0.410. The summed E-state index contributed by atoms with van der Waals surface area (Å²) in [6.45, 7) is 0.868. The molecular formula is C22H25ClN2O2. The van der Waals surface area contributed by atoms with Crippen LogP contribution in [-0.2, 0) is 11.2 Å². The number of aliphatic hydroxyl groups is 1. The molecule has 5 heteroatoms. The molecule has 1 aromatic heterocycles. The molecular weight excluding hydrogens is 360 g/mol. The zero-order chi connectivity index (χ0) is 18.8. The first-order valence-electron chi connectivity index (χ1n) is 9.78. The Bertz CT molecular complexity index is 811. The van der Waals surface area contributed by atoms with E-state index < -0.39 is 0 Å². The molecule has 1 amide bonds. The van der Waals surface area contributed by atoms with Crippen molar-refractivity contribution in [1.29, 1.82) is 0 Å². The highest BCUT2D eigenvalue weighted by Gasteiger charge is 2.36. The van der Waals surface area contributed by atoms with E-state index in [-0.39, 0.29) is 24.0 Å². The standard InChI is InChI=1S/C22H25ClN2O2/c23-20-13-15(17-3-1-9-24-14-17)5-6-16(20)11-18-12-19(7-8-21(18)26)25-10-2-4-22(25)27/h1,3,5-6,9,13-14,18-19,21,26H,2,4,7-8,10-12H2. The van der Waals surface area contributed by atoms with E-state index in [0.717, 1.165) is 60.4 Å². The first-order chi connectivity index (χ1) is 13.1. The van der Waals surface area contributed by atoms with Gasteiger partial charge in [-0.2, -0.15) is 0 Å². The summed E-state index contributed by atoms with van der Waals surface area (Å²) < 4.78 is 0. The normalized spacial score (nSPS) is 25.8. The summed E-state index contributed by atoms with van der Waals surface area (Å²) in [5, 5.41) is 11.3. The second kappa shape index (κ2) is 7.99. The highest BCUT2D eigenvalue weighted by molar-refractivity contribution is 6.31. The van der Waals surface area contributed by atoms with Gasteiger partial charge in [-0.15, -0.1) is 0 Å². The molecule has 1 saturated carbocycles. The summed E-state index contributed by atoms with van der Waals surface area (Å²) in [7, 11) is 0. The van der Waals surface area contributed by atoms with Crippen molar-refractivity contribution in [2.75, 3.05) is 6.54 Å². The van der Waals surface area contributed by atoms with Gasteiger partial charge in [-0.05, 0) is 61.3 Å². The number of aliphatic hydroxyl groups excluding tert-OH is 1. The smallest absolute Gasteiger partial charge is 0.222 e. The van der Waals surface area contributed by atoms with Gasteiger partial charge in [0.1, 0.15) is 0 Å². The fourth-order valence-corrected chi connectivity index (χ4v) is 4.75. The fourth-order valence-electron chi connectivity index (χ4n) is 4.49. The third-order valence-corrected chi connectivity index (χ3v) is 6.35. The molecule has 1 N–H and O–H groups in total. The number of amides is 1. The van der Waals surface area contributed by atoms with E-state index in [1.165, 1.54) is 0 Å². The van der Waals surface area contributed by atoms with Crippen LogP contribution in [0.3, 0.4) is 0 Å². The molecule has 1 aliphatic heterocycles. The Kier molecular flexibility index (Phi) is 5.46. The van der Waals surface area contributed by atoms with Crippen molar-refractivity contribution in [3.8, 4) is 11.1 Å². The Morgan fingerprint density at radius 3 is 2.81 bits per heavy atom. The summed E-state index contributed by atoms with van der Waals surface area (Å²) in [6.07, 6.45) is 8.14. The van der Waals surface area contributed by atoms with Crippen LogP contribution in [-0.4, -0.2) is 39.6 Å². The zero-order valence-corrected chi connectivity index (χ0v) is 16.1. The van der Waals surface area contributed by atoms with Crippen LogP contribution in [0.1, 0.15) is 37.7 Å². The van der Waals surface area contributed by atoms with Gasteiger partial charge in [0.25, 0.3) is 0 Å². The first kappa shape index (κ1) is 18.5. The van der Waals surface area contributed by atoms with Crippen LogP contribution in [0.25, 0.3) is 11.1 Å². The molecule has 0 bridgehead atoms. The lowest BCUT2D eigenvalue weighted by Gasteiger charge is -2.38. The van der Waals surface area contributed by atoms with Crippen molar-refractivity contribution >= 4 is 17.5 Å². The zero-order valence-electron chi connectivity index (χ0n) is 15.4. The lowest BCUT2D eigenvalue weighted by atomic mass is 9.79. The molecule has 27 heavy (non-hydrogen) atoms. The molecule has 3 unspecified atom stereocenters. The highest BCUT2D eigenvalue weighted by Crippen LogP contribution is 2.34. The van der Waals surface area contributed by atoms with Crippen LogP contribution >= 0.6 is 11.6 Å². The Morgan fingerprint density at radius 2 is 2.11 bits per heavy atom. The van der Waals surface area contributed by atoms with Gasteiger partial charge in [-0.3, -0.25) is 9.78 Å². The third kappa shape index (κ3) is 4.02. The summed E-state index contributed by atoms with van der Waals surface area (Å²) in [6, 6.07) is 10.3. The number of carbonyl (C=O) groups excluding carboxylic acids is 1. The Balaban J connectivity index is 1.48. The lowest BCUT2D eigenvalue weighted by molar-refractivity contribution is -0.131. The molecule has 3 atom stereocenters. The maximum Gasteiger partial charge on any atom is 0.222 e. The molecule has 4 nitrogen and oxygen atoms in total. The van der Waals surface area contributed by atoms with E-state index in [9.17, 15) is 9.90 Å². The number of likely N-dealkylation sites (tertiary alicyclic amines) is 1. The molecule has 2 fully saturated rings. The van der Waals surface area contributed by atoms with Crippen molar-refractivity contribution in [3.63, 3.8) is 0 Å². The topological polar surface area (TPSA) is 53.4 Å². The van der Waals surface area contributed by atoms with Crippen molar-refractivity contribution < 1.29 is 9.90 Å². The quantitative estimate of drug-likeness (QED) is 0.863. The maximum absolute atomic E-state index is 12.1. The highest BCUT2D eigenvalue weighted by atomic mass is 35.5. The molecule has 1 aromatic carbocycles. The van der Waals surface area contributed by atoms with Crippen LogP contribution in [0, 0.1) is 5.92 Å². The van der Waals surface area contributed by atoms with E-state index >= 15 is 0 Å². The van der Waals surface area contributed by atoms with Gasteiger partial charge >= 0.3 is 0 Å². The van der Waals surface area contributed by atoms with Gasteiger partial charge in [-0.25, -0.2) is 0 Å². The minimum atomic E-state index is -0.326. The number of benzene rings is 1. The van der Waals surface area contributed by atoms with Crippen molar-refractivity contribution in [1.82, 2.24) is 9.88 Å². The van der Waals surface area contributed by atoms with Gasteiger partial charge < -0.3 is 10.0 Å². The fraction of sp³-hybridized carbons (Fsp3) is 0.455. The largest absolute Gasteiger partial charge is 0.393 e. The van der Waals surface area contributed by atoms with Crippen LogP contribution in [0.15, 0.2) is 42.7 Å². The Hall–Kier alpha value is -1.91. The predicted octanol–water partition coefficient (Wildman–Crippen LogP) is 4.10. The van der Waals surface area contributed by atoms with Gasteiger partial charge in [0, 0.05) is 42.0 Å². The van der Waals surface area contributed by atoms with Crippen molar-refractivity contribution in [2.45, 2.75) is 50.7 Å². The number of pyridine rings is 1. The number of rotatable bonds is 4. The molecule has 1 aliphatic carbocycles. The molecule has 0 radical (unpaired) electrons. The van der Waals surface area contributed by atoms with Crippen LogP contribution in [0.4, 0.5) is 0 Å². The Labute approximate surface area is 165 Å². The van der Waals surface area contributed by atoms with E-state index in [1.807, 2.05) is 29.3 Å². The summed E-state index contributed by atoms with van der Waals surface area (Å²) in [5.41, 5.74) is 3.14. The van der Waals surface area contributed by atoms with Gasteiger partial charge in [0.15, 0.2) is 0 Å². The van der Waals surface area contributed by atoms with Gasteiger partial charge in [0.2, 0.25) is 5.91 Å². The number of carbonyl (C=O) groups is 1. The number of nitrogens with zero attached hydrogens (tertiary/aromatic N) is 2. The molecule has 0 spiro atoms. The summed E-state index contributed by atoms with van der Waals surface area (Å²) >= 11 is 6.57. The molecule has 4 rings (SSSR count). The van der Waals surface area contributed by atoms with Crippen LogP contribution in [0.5, 0.6) is 0 Å². The minimum Gasteiger partial charge on any atom is -0.393 e. The third-order valence-electron chi connectivity index (χ3n) is 6.00. The molecule has 2 heterocycles. The molecule has 2 aliphatic rings. The number of aromatic nitrogens is 1. The van der Waals surface area contributed by atoms with E-state index in [2.05, 4.69) is 17.1 Å². The number of hydrogen-bond acceptors (Lipinski definition) is 3. The van der Waals surface area contributed by atoms with E-state index in [0.29, 0.717) is 6.42 Å². The maximum atomic E-state index is 12.1. The molecule has 142 valence electrons. The average molecular weight is 385 g/mol. The van der Waals surface area contributed by atoms with Crippen molar-refractivity contribution in [2.24, 2.45) is 5.92 Å². The van der Waals surface area contributed by atoms with E-state index in [4.69, 9.17) is 11.6 Å². The second-order valence-electron chi connectivity index (χ2n) is 7.74. The monoisotopic (exact) mass is 384 g/mol. The number of halogens is 1. The average Bonchev–Trinajstić information content (AvgIpc) is 3.11. The SMILES string of the molecule is O=C1CCCN1C1CCC(O)C(Cc2ccc(-c3cccnc3)cc2Cl)C1. The number of hydrogen-bond donors (Lipinski definition) is 1. The molecule has 2 aromatic rings. The molecule has 1 saturated heterocycles. The van der Waals surface area contributed by atoms with Crippen LogP contribution < -0.4 is 0 Å². The van der Waals surface area contributed by atoms with E-state index in [1.54, 1.807) is 6.20 Å². The minimum absolute atomic E-state index is 0.138. The first-order valence-corrected chi connectivity index (χ1v) is 10.2. The Morgan fingerprint density at radius 1 is 1.22 bits per heavy atom.